The molecule has 1 heterocycles. The fourth-order valence-electron chi connectivity index (χ4n) is 2.36. The van der Waals surface area contributed by atoms with Crippen molar-refractivity contribution in [2.24, 2.45) is 0 Å². The van der Waals surface area contributed by atoms with Gasteiger partial charge in [-0.1, -0.05) is 0 Å². The average molecular weight is 288 g/mol. The number of rotatable bonds is 6. The quantitative estimate of drug-likeness (QED) is 0.745. The summed E-state index contributed by atoms with van der Waals surface area (Å²) in [6.45, 7) is 8.19. The maximum absolute atomic E-state index is 12.3. The van der Waals surface area contributed by atoms with Crippen LogP contribution in [0, 0.1) is 0 Å². The van der Waals surface area contributed by atoms with Crippen LogP contribution in [0.4, 0.5) is 0 Å². The predicted octanol–water partition coefficient (Wildman–Crippen LogP) is 1.70. The molecule has 0 aromatic rings. The first-order valence-electron chi connectivity index (χ1n) is 7.06. The monoisotopic (exact) mass is 288 g/mol. The predicted molar refractivity (Wildman–Crippen MR) is 81.7 cm³/mol. The van der Waals surface area contributed by atoms with Crippen LogP contribution in [-0.2, 0) is 9.53 Å². The van der Waals surface area contributed by atoms with Crippen molar-refractivity contribution in [2.75, 3.05) is 38.7 Å². The summed E-state index contributed by atoms with van der Waals surface area (Å²) in [7, 11) is 2.04. The van der Waals surface area contributed by atoms with Crippen LogP contribution in [0.5, 0.6) is 0 Å². The first-order chi connectivity index (χ1) is 8.93. The molecule has 112 valence electrons. The number of morpholine rings is 1. The number of carbonyl (C=O) groups is 1. The second-order valence-electron chi connectivity index (χ2n) is 5.60. The molecule has 1 saturated heterocycles. The van der Waals surface area contributed by atoms with Gasteiger partial charge in [0, 0.05) is 19.1 Å². The number of hydrogen-bond donors (Lipinski definition) is 0. The van der Waals surface area contributed by atoms with Crippen molar-refractivity contribution < 1.29 is 9.53 Å². The third-order valence-electron chi connectivity index (χ3n) is 3.65. The van der Waals surface area contributed by atoms with Gasteiger partial charge < -0.3 is 9.64 Å². The molecule has 0 aliphatic carbocycles. The van der Waals surface area contributed by atoms with Crippen LogP contribution in [0.3, 0.4) is 0 Å². The summed E-state index contributed by atoms with van der Waals surface area (Å²) >= 11 is 1.86. The Morgan fingerprint density at radius 1 is 1.42 bits per heavy atom. The Bertz CT molecular complexity index is 279. The smallest absolute Gasteiger partial charge is 0.236 e. The van der Waals surface area contributed by atoms with E-state index in [0.717, 1.165) is 25.3 Å². The highest BCUT2D eigenvalue weighted by Gasteiger charge is 2.26. The highest BCUT2D eigenvalue weighted by atomic mass is 32.2. The Balaban J connectivity index is 2.40. The standard InChI is InChI=1S/C14H28N2O2S/c1-11(6-7-19-5)15(4)10-14(17)16-8-12(2)18-13(3)9-16/h11-13H,6-10H2,1-5H3. The van der Waals surface area contributed by atoms with Crippen LogP contribution < -0.4 is 0 Å². The van der Waals surface area contributed by atoms with E-state index in [1.165, 1.54) is 0 Å². The van der Waals surface area contributed by atoms with Crippen LogP contribution in [-0.4, -0.2) is 72.6 Å². The highest BCUT2D eigenvalue weighted by Crippen LogP contribution is 2.12. The highest BCUT2D eigenvalue weighted by molar-refractivity contribution is 7.98. The Morgan fingerprint density at radius 2 is 2.00 bits per heavy atom. The van der Waals surface area contributed by atoms with Gasteiger partial charge in [-0.25, -0.2) is 0 Å². The van der Waals surface area contributed by atoms with E-state index >= 15 is 0 Å². The van der Waals surface area contributed by atoms with Gasteiger partial charge in [0.15, 0.2) is 0 Å². The van der Waals surface area contributed by atoms with Crippen molar-refractivity contribution in [1.29, 1.82) is 0 Å². The van der Waals surface area contributed by atoms with Crippen molar-refractivity contribution in [1.82, 2.24) is 9.80 Å². The zero-order valence-electron chi connectivity index (χ0n) is 12.9. The first-order valence-corrected chi connectivity index (χ1v) is 8.45. The molecule has 0 N–H and O–H groups in total. The van der Waals surface area contributed by atoms with Gasteiger partial charge in [0.2, 0.25) is 5.91 Å². The Morgan fingerprint density at radius 3 is 2.53 bits per heavy atom. The zero-order valence-corrected chi connectivity index (χ0v) is 13.7. The molecule has 1 amide bonds. The maximum atomic E-state index is 12.3. The summed E-state index contributed by atoms with van der Waals surface area (Å²) < 4.78 is 5.66. The van der Waals surface area contributed by atoms with Crippen molar-refractivity contribution in [3.63, 3.8) is 0 Å². The molecule has 19 heavy (non-hydrogen) atoms. The summed E-state index contributed by atoms with van der Waals surface area (Å²) in [6.07, 6.45) is 3.54. The maximum Gasteiger partial charge on any atom is 0.236 e. The Labute approximate surface area is 121 Å². The van der Waals surface area contributed by atoms with E-state index < -0.39 is 0 Å². The summed E-state index contributed by atoms with van der Waals surface area (Å²) in [5, 5.41) is 0. The molecule has 0 aromatic carbocycles. The molecule has 3 atom stereocenters. The van der Waals surface area contributed by atoms with Crippen molar-refractivity contribution in [2.45, 2.75) is 45.4 Å². The fourth-order valence-corrected chi connectivity index (χ4v) is 2.94. The molecule has 0 radical (unpaired) electrons. The minimum Gasteiger partial charge on any atom is -0.372 e. The van der Waals surface area contributed by atoms with E-state index in [2.05, 4.69) is 18.1 Å². The second-order valence-corrected chi connectivity index (χ2v) is 6.59. The van der Waals surface area contributed by atoms with Crippen LogP contribution in [0.1, 0.15) is 27.2 Å². The van der Waals surface area contributed by atoms with Gasteiger partial charge in [-0.3, -0.25) is 9.69 Å². The summed E-state index contributed by atoms with van der Waals surface area (Å²) in [5.74, 6) is 1.37. The van der Waals surface area contributed by atoms with Gasteiger partial charge in [-0.15, -0.1) is 0 Å². The van der Waals surface area contributed by atoms with E-state index in [1.807, 2.05) is 37.6 Å². The van der Waals surface area contributed by atoms with E-state index in [4.69, 9.17) is 4.74 Å². The van der Waals surface area contributed by atoms with E-state index in [9.17, 15) is 4.79 Å². The largest absolute Gasteiger partial charge is 0.372 e. The lowest BCUT2D eigenvalue weighted by atomic mass is 10.2. The number of hydrogen-bond acceptors (Lipinski definition) is 4. The normalized spacial score (nSPS) is 25.7. The molecule has 5 heteroatoms. The number of thioether (sulfide) groups is 1. The van der Waals surface area contributed by atoms with Gasteiger partial charge >= 0.3 is 0 Å². The van der Waals surface area contributed by atoms with Crippen molar-refractivity contribution in [3.05, 3.63) is 0 Å². The topological polar surface area (TPSA) is 32.8 Å². The first kappa shape index (κ1) is 16.8. The van der Waals surface area contributed by atoms with E-state index in [1.54, 1.807) is 0 Å². The minimum absolute atomic E-state index is 0.145. The molecule has 1 fully saturated rings. The molecule has 0 bridgehead atoms. The van der Waals surface area contributed by atoms with E-state index in [-0.39, 0.29) is 18.1 Å². The summed E-state index contributed by atoms with van der Waals surface area (Å²) in [6, 6.07) is 0.451. The number of carbonyl (C=O) groups excluding carboxylic acids is 1. The van der Waals surface area contributed by atoms with Crippen LogP contribution >= 0.6 is 11.8 Å². The molecule has 0 aromatic heterocycles. The van der Waals surface area contributed by atoms with Crippen molar-refractivity contribution >= 4 is 17.7 Å². The van der Waals surface area contributed by atoms with Gasteiger partial charge in [0.25, 0.3) is 0 Å². The average Bonchev–Trinajstić information content (AvgIpc) is 2.34. The van der Waals surface area contributed by atoms with Crippen LogP contribution in [0.15, 0.2) is 0 Å². The summed E-state index contributed by atoms with van der Waals surface area (Å²) in [4.78, 5) is 16.4. The second kappa shape index (κ2) is 8.12. The van der Waals surface area contributed by atoms with Crippen LogP contribution in [0.25, 0.3) is 0 Å². The fraction of sp³-hybridized carbons (Fsp3) is 0.929. The van der Waals surface area contributed by atoms with Crippen LogP contribution in [0.2, 0.25) is 0 Å². The van der Waals surface area contributed by atoms with Gasteiger partial charge in [-0.05, 0) is 46.2 Å². The van der Waals surface area contributed by atoms with Gasteiger partial charge in [-0.2, -0.15) is 11.8 Å². The van der Waals surface area contributed by atoms with Gasteiger partial charge in [0.1, 0.15) is 0 Å². The Hall–Kier alpha value is -0.260. The SMILES string of the molecule is CSCCC(C)N(C)CC(=O)N1CC(C)OC(C)C1. The number of amides is 1. The molecular weight excluding hydrogens is 260 g/mol. The van der Waals surface area contributed by atoms with E-state index in [0.29, 0.717) is 12.6 Å². The lowest BCUT2D eigenvalue weighted by Gasteiger charge is -2.36. The minimum atomic E-state index is 0.145. The molecule has 0 spiro atoms. The molecular formula is C14H28N2O2S. The number of likely N-dealkylation sites (N-methyl/N-ethyl adjacent to an activating group) is 1. The number of ether oxygens (including phenoxy) is 1. The molecule has 1 aliphatic rings. The Kier molecular flexibility index (Phi) is 7.18. The summed E-state index contributed by atoms with van der Waals surface area (Å²) in [5.41, 5.74) is 0. The third kappa shape index (κ3) is 5.71. The van der Waals surface area contributed by atoms with Gasteiger partial charge in [0.05, 0.1) is 18.8 Å². The lowest BCUT2D eigenvalue weighted by Crippen LogP contribution is -2.51. The van der Waals surface area contributed by atoms with Crippen molar-refractivity contribution in [3.8, 4) is 0 Å². The number of nitrogens with zero attached hydrogens (tertiary/aromatic N) is 2. The molecule has 0 saturated carbocycles. The zero-order chi connectivity index (χ0) is 14.4. The molecule has 1 rings (SSSR count). The molecule has 3 unspecified atom stereocenters. The lowest BCUT2D eigenvalue weighted by molar-refractivity contribution is -0.144. The third-order valence-corrected chi connectivity index (χ3v) is 4.29. The molecule has 4 nitrogen and oxygen atoms in total. The molecule has 1 aliphatic heterocycles.